The zero-order chi connectivity index (χ0) is 19.3. The van der Waals surface area contributed by atoms with E-state index in [1.54, 1.807) is 36.0 Å². The average molecular weight is 406 g/mol. The van der Waals surface area contributed by atoms with Gasteiger partial charge in [-0.1, -0.05) is 42.5 Å². The maximum Gasteiger partial charge on any atom is 0.357 e. The highest BCUT2D eigenvalue weighted by atomic mass is 32.2. The molecule has 2 aromatic carbocycles. The molecule has 1 amide bonds. The minimum absolute atomic E-state index is 0.0958. The van der Waals surface area contributed by atoms with Crippen LogP contribution >= 0.6 is 11.8 Å². The highest BCUT2D eigenvalue weighted by molar-refractivity contribution is 8.02. The van der Waals surface area contributed by atoms with Crippen LogP contribution in [0.15, 0.2) is 65.7 Å². The minimum Gasteiger partial charge on any atom is -0.370 e. The van der Waals surface area contributed by atoms with E-state index in [2.05, 4.69) is 10.6 Å². The maximum absolute atomic E-state index is 11.0. The molecular formula is C18H19N3O4S2. The van der Waals surface area contributed by atoms with E-state index in [0.717, 1.165) is 16.8 Å². The average Bonchev–Trinajstić information content (AvgIpc) is 3.12. The summed E-state index contributed by atoms with van der Waals surface area (Å²) in [4.78, 5) is 11.0. The molecule has 1 heterocycles. The van der Waals surface area contributed by atoms with Crippen LogP contribution in [-0.2, 0) is 21.5 Å². The third-order valence-electron chi connectivity index (χ3n) is 4.02. The van der Waals surface area contributed by atoms with Crippen molar-refractivity contribution in [2.75, 3.05) is 4.72 Å². The number of rotatable bonds is 8. The topological polar surface area (TPSA) is 108 Å². The summed E-state index contributed by atoms with van der Waals surface area (Å²) in [6.07, 6.45) is 1.20. The quantitative estimate of drug-likeness (QED) is 0.397. The third-order valence-corrected chi connectivity index (χ3v) is 5.56. The van der Waals surface area contributed by atoms with Crippen molar-refractivity contribution in [3.05, 3.63) is 76.8 Å². The van der Waals surface area contributed by atoms with Crippen molar-refractivity contribution < 1.29 is 17.8 Å². The van der Waals surface area contributed by atoms with E-state index in [4.69, 9.17) is 4.55 Å². The summed E-state index contributed by atoms with van der Waals surface area (Å²) in [5.74, 6) is 0. The summed E-state index contributed by atoms with van der Waals surface area (Å²) in [6, 6.07) is 16.4. The number of hydrogen-bond acceptors (Lipinski definition) is 5. The van der Waals surface area contributed by atoms with Crippen molar-refractivity contribution in [1.82, 2.24) is 10.6 Å². The van der Waals surface area contributed by atoms with Gasteiger partial charge in [0.1, 0.15) is 5.37 Å². The van der Waals surface area contributed by atoms with Gasteiger partial charge >= 0.3 is 10.3 Å². The van der Waals surface area contributed by atoms with E-state index < -0.39 is 10.3 Å². The number of amides is 1. The highest BCUT2D eigenvalue weighted by Gasteiger charge is 2.24. The van der Waals surface area contributed by atoms with Gasteiger partial charge in [-0.05, 0) is 35.1 Å². The van der Waals surface area contributed by atoms with Crippen LogP contribution in [0.4, 0.5) is 5.69 Å². The second-order valence-electron chi connectivity index (χ2n) is 5.96. The molecule has 0 fully saturated rings. The molecule has 9 heteroatoms. The standard InChI is InChI=1S/C18H19N3O4S2/c22-12-19-16(10-13-6-8-15(9-7-13)21-27(23,24)25)17-11-26-18(20-17)14-4-2-1-3-5-14/h1-9,11-12,16,18,20-21H,10H2,(H,19,22)(H,23,24,25)/t16-,18?/m0/s1. The van der Waals surface area contributed by atoms with E-state index in [1.165, 1.54) is 0 Å². The summed E-state index contributed by atoms with van der Waals surface area (Å²) >= 11 is 1.64. The monoisotopic (exact) mass is 405 g/mol. The van der Waals surface area contributed by atoms with Crippen LogP contribution < -0.4 is 15.4 Å². The highest BCUT2D eigenvalue weighted by Crippen LogP contribution is 2.35. The lowest BCUT2D eigenvalue weighted by Crippen LogP contribution is -2.36. The van der Waals surface area contributed by atoms with Crippen molar-refractivity contribution in [3.8, 4) is 0 Å². The third kappa shape index (κ3) is 5.49. The molecule has 3 rings (SSSR count). The number of carbonyl (C=O) groups excluding carboxylic acids is 1. The molecule has 0 bridgehead atoms. The molecule has 2 atom stereocenters. The van der Waals surface area contributed by atoms with Crippen LogP contribution in [0.25, 0.3) is 0 Å². The Morgan fingerprint density at radius 2 is 1.85 bits per heavy atom. The molecule has 0 saturated heterocycles. The second-order valence-corrected chi connectivity index (χ2v) is 8.09. The lowest BCUT2D eigenvalue weighted by molar-refractivity contribution is -0.110. The fourth-order valence-electron chi connectivity index (χ4n) is 2.77. The van der Waals surface area contributed by atoms with Gasteiger partial charge in [-0.15, -0.1) is 11.8 Å². The van der Waals surface area contributed by atoms with E-state index in [9.17, 15) is 13.2 Å². The number of benzene rings is 2. The van der Waals surface area contributed by atoms with Crippen molar-refractivity contribution >= 4 is 34.2 Å². The SMILES string of the molecule is O=CN[C@@H](Cc1ccc(NS(=O)(=O)O)cc1)C1=CSC(c2ccccc2)N1. The molecule has 2 aromatic rings. The zero-order valence-electron chi connectivity index (χ0n) is 14.2. The maximum atomic E-state index is 11.0. The minimum atomic E-state index is -4.30. The molecule has 7 nitrogen and oxygen atoms in total. The summed E-state index contributed by atoms with van der Waals surface area (Å²) < 4.78 is 32.5. The molecule has 0 aromatic heterocycles. The predicted molar refractivity (Wildman–Crippen MR) is 106 cm³/mol. The molecule has 1 aliphatic rings. The first-order chi connectivity index (χ1) is 12.9. The Morgan fingerprint density at radius 3 is 2.48 bits per heavy atom. The van der Waals surface area contributed by atoms with Gasteiger partial charge in [0.25, 0.3) is 0 Å². The lowest BCUT2D eigenvalue weighted by atomic mass is 10.0. The Morgan fingerprint density at radius 1 is 1.15 bits per heavy atom. The van der Waals surface area contributed by atoms with Crippen LogP contribution in [0, 0.1) is 0 Å². The molecular weight excluding hydrogens is 386 g/mol. The molecule has 4 N–H and O–H groups in total. The van der Waals surface area contributed by atoms with E-state index in [1.807, 2.05) is 40.5 Å². The van der Waals surface area contributed by atoms with E-state index in [0.29, 0.717) is 12.8 Å². The fraction of sp³-hybridized carbons (Fsp3) is 0.167. The zero-order valence-corrected chi connectivity index (χ0v) is 15.8. The first-order valence-corrected chi connectivity index (χ1v) is 10.5. The fourth-order valence-corrected chi connectivity index (χ4v) is 4.23. The lowest BCUT2D eigenvalue weighted by Gasteiger charge is -2.21. The second kappa shape index (κ2) is 8.47. The van der Waals surface area contributed by atoms with Gasteiger partial charge in [0.15, 0.2) is 0 Å². The number of anilines is 1. The molecule has 0 spiro atoms. The van der Waals surface area contributed by atoms with Gasteiger partial charge in [0.2, 0.25) is 6.41 Å². The number of hydrogen-bond donors (Lipinski definition) is 4. The number of nitrogens with one attached hydrogen (secondary N) is 3. The first kappa shape index (κ1) is 19.3. The molecule has 0 aliphatic carbocycles. The van der Waals surface area contributed by atoms with Crippen molar-refractivity contribution in [3.63, 3.8) is 0 Å². The summed E-state index contributed by atoms with van der Waals surface area (Å²) in [7, 11) is -4.30. The van der Waals surface area contributed by atoms with Crippen LogP contribution in [-0.4, -0.2) is 25.4 Å². The summed E-state index contributed by atoms with van der Waals surface area (Å²) in [5, 5.41) is 8.36. The molecule has 0 radical (unpaired) electrons. The van der Waals surface area contributed by atoms with E-state index >= 15 is 0 Å². The molecule has 0 saturated carbocycles. The Balaban J connectivity index is 1.67. The number of carbonyl (C=O) groups is 1. The Labute approximate surface area is 162 Å². The van der Waals surface area contributed by atoms with Crippen LogP contribution in [0.1, 0.15) is 16.5 Å². The van der Waals surface area contributed by atoms with Gasteiger partial charge in [-0.2, -0.15) is 8.42 Å². The number of thioether (sulfide) groups is 1. The molecule has 1 aliphatic heterocycles. The summed E-state index contributed by atoms with van der Waals surface area (Å²) in [6.45, 7) is 0. The predicted octanol–water partition coefficient (Wildman–Crippen LogP) is 2.43. The van der Waals surface area contributed by atoms with Crippen LogP contribution in [0.5, 0.6) is 0 Å². The van der Waals surface area contributed by atoms with Gasteiger partial charge in [-0.3, -0.25) is 14.1 Å². The largest absolute Gasteiger partial charge is 0.370 e. The Kier molecular flexibility index (Phi) is 6.04. The molecule has 27 heavy (non-hydrogen) atoms. The van der Waals surface area contributed by atoms with Crippen LogP contribution in [0.2, 0.25) is 0 Å². The van der Waals surface area contributed by atoms with Gasteiger partial charge in [0, 0.05) is 5.70 Å². The van der Waals surface area contributed by atoms with Crippen LogP contribution in [0.3, 0.4) is 0 Å². The van der Waals surface area contributed by atoms with Crippen molar-refractivity contribution in [1.29, 1.82) is 0 Å². The summed E-state index contributed by atoms with van der Waals surface area (Å²) in [5.41, 5.74) is 3.24. The smallest absolute Gasteiger partial charge is 0.357 e. The van der Waals surface area contributed by atoms with Gasteiger partial charge < -0.3 is 10.6 Å². The Bertz CT molecular complexity index is 915. The van der Waals surface area contributed by atoms with Gasteiger partial charge in [0.05, 0.1) is 11.7 Å². The molecule has 1 unspecified atom stereocenters. The van der Waals surface area contributed by atoms with E-state index in [-0.39, 0.29) is 17.1 Å². The van der Waals surface area contributed by atoms with Gasteiger partial charge in [-0.25, -0.2) is 0 Å². The normalized spacial score (nSPS) is 17.5. The van der Waals surface area contributed by atoms with Crippen molar-refractivity contribution in [2.24, 2.45) is 0 Å². The Hall–Kier alpha value is -2.49. The first-order valence-electron chi connectivity index (χ1n) is 8.15. The molecule has 142 valence electrons. The van der Waals surface area contributed by atoms with Crippen molar-refractivity contribution in [2.45, 2.75) is 17.8 Å².